The molecule has 0 saturated heterocycles. The van der Waals surface area contributed by atoms with Crippen LogP contribution in [0.2, 0.25) is 0 Å². The number of fused-ring (bicyclic) bond motifs is 1. The zero-order valence-corrected chi connectivity index (χ0v) is 14.3. The highest BCUT2D eigenvalue weighted by Crippen LogP contribution is 2.36. The lowest BCUT2D eigenvalue weighted by molar-refractivity contribution is -0.135. The van der Waals surface area contributed by atoms with Crippen LogP contribution in [-0.2, 0) is 0 Å². The monoisotopic (exact) mass is 360 g/mol. The van der Waals surface area contributed by atoms with Crippen LogP contribution in [0.25, 0.3) is 10.8 Å². The minimum Gasteiger partial charge on any atom is -0.508 e. The molecule has 0 aliphatic rings. The second kappa shape index (κ2) is 7.28. The molecule has 0 fully saturated rings. The molecule has 0 aromatic heterocycles. The summed E-state index contributed by atoms with van der Waals surface area (Å²) in [6.45, 7) is 0. The molecule has 2 nitrogen and oxygen atoms in total. The van der Waals surface area contributed by atoms with E-state index in [0.29, 0.717) is 0 Å². The molecule has 3 aromatic rings. The Morgan fingerprint density at radius 1 is 0.885 bits per heavy atom. The summed E-state index contributed by atoms with van der Waals surface area (Å²) in [6, 6.07) is 17.6. The molecule has 1 N–H and O–H groups in total. The molecule has 1 unspecified atom stereocenters. The molecule has 0 amide bonds. The van der Waals surface area contributed by atoms with Gasteiger partial charge in [0, 0.05) is 12.3 Å². The number of hydrogen-bond acceptors (Lipinski definition) is 2. The lowest BCUT2D eigenvalue weighted by atomic mass is 9.86. The van der Waals surface area contributed by atoms with Crippen molar-refractivity contribution in [3.8, 4) is 11.5 Å². The molecule has 0 aliphatic carbocycles. The number of rotatable bonds is 5. The van der Waals surface area contributed by atoms with Gasteiger partial charge >= 0.3 is 6.18 Å². The van der Waals surface area contributed by atoms with E-state index in [0.717, 1.165) is 27.6 Å². The second-order valence-corrected chi connectivity index (χ2v) is 6.27. The number of aromatic hydroxyl groups is 1. The van der Waals surface area contributed by atoms with E-state index in [1.165, 1.54) is 12.1 Å². The van der Waals surface area contributed by atoms with Gasteiger partial charge in [-0.1, -0.05) is 36.4 Å². The SMILES string of the molecule is COc1ccc2cc(C(CCC(F)(F)F)c3ccc(O)cc3)ccc2c1. The number of ether oxygens (including phenoxy) is 1. The van der Waals surface area contributed by atoms with E-state index < -0.39 is 18.5 Å². The van der Waals surface area contributed by atoms with Crippen LogP contribution in [0.3, 0.4) is 0 Å². The molecule has 3 aromatic carbocycles. The predicted octanol–water partition coefficient (Wildman–Crippen LogP) is 6.03. The fraction of sp³-hybridized carbons (Fsp3) is 0.238. The Bertz CT molecular complexity index is 886. The zero-order chi connectivity index (χ0) is 18.7. The van der Waals surface area contributed by atoms with Crippen LogP contribution in [0, 0.1) is 0 Å². The fourth-order valence-electron chi connectivity index (χ4n) is 3.13. The normalized spacial score (nSPS) is 12.9. The third-order valence-corrected chi connectivity index (χ3v) is 4.49. The van der Waals surface area contributed by atoms with E-state index in [9.17, 15) is 18.3 Å². The topological polar surface area (TPSA) is 29.5 Å². The maximum Gasteiger partial charge on any atom is 0.389 e. The number of phenols is 1. The summed E-state index contributed by atoms with van der Waals surface area (Å²) in [5.41, 5.74) is 1.57. The Hall–Kier alpha value is -2.69. The third-order valence-electron chi connectivity index (χ3n) is 4.49. The largest absolute Gasteiger partial charge is 0.508 e. The van der Waals surface area contributed by atoms with Crippen molar-refractivity contribution >= 4 is 10.8 Å². The van der Waals surface area contributed by atoms with Gasteiger partial charge in [-0.3, -0.25) is 0 Å². The van der Waals surface area contributed by atoms with Crippen LogP contribution < -0.4 is 4.74 Å². The lowest BCUT2D eigenvalue weighted by Crippen LogP contribution is -2.11. The molecule has 0 saturated carbocycles. The van der Waals surface area contributed by atoms with Gasteiger partial charge in [-0.2, -0.15) is 13.2 Å². The second-order valence-electron chi connectivity index (χ2n) is 6.27. The quantitative estimate of drug-likeness (QED) is 0.602. The van der Waals surface area contributed by atoms with Gasteiger partial charge in [0.15, 0.2) is 0 Å². The molecule has 0 heterocycles. The van der Waals surface area contributed by atoms with Crippen LogP contribution in [0.5, 0.6) is 11.5 Å². The van der Waals surface area contributed by atoms with Crippen molar-refractivity contribution in [1.82, 2.24) is 0 Å². The van der Waals surface area contributed by atoms with E-state index >= 15 is 0 Å². The number of methoxy groups -OCH3 is 1. The molecule has 1 atom stereocenters. The number of alkyl halides is 3. The van der Waals surface area contributed by atoms with Crippen LogP contribution in [0.15, 0.2) is 60.7 Å². The zero-order valence-electron chi connectivity index (χ0n) is 14.3. The molecule has 26 heavy (non-hydrogen) atoms. The van der Waals surface area contributed by atoms with Gasteiger partial charge in [0.2, 0.25) is 0 Å². The van der Waals surface area contributed by atoms with E-state index in [1.807, 2.05) is 36.4 Å². The molecular formula is C21H19F3O2. The maximum absolute atomic E-state index is 12.8. The number of halogens is 3. The minimum absolute atomic E-state index is 0.0457. The number of hydrogen-bond donors (Lipinski definition) is 1. The first-order chi connectivity index (χ1) is 12.4. The van der Waals surface area contributed by atoms with Gasteiger partial charge in [0.25, 0.3) is 0 Å². The number of benzene rings is 3. The summed E-state index contributed by atoms with van der Waals surface area (Å²) >= 11 is 0. The Labute approximate surface area is 149 Å². The first-order valence-electron chi connectivity index (χ1n) is 8.29. The average molecular weight is 360 g/mol. The van der Waals surface area contributed by atoms with Gasteiger partial charge in [0.1, 0.15) is 11.5 Å². The maximum atomic E-state index is 12.8. The predicted molar refractivity (Wildman–Crippen MR) is 95.7 cm³/mol. The van der Waals surface area contributed by atoms with Crippen molar-refractivity contribution in [3.63, 3.8) is 0 Å². The summed E-state index contributed by atoms with van der Waals surface area (Å²) in [7, 11) is 1.59. The Morgan fingerprint density at radius 3 is 2.15 bits per heavy atom. The summed E-state index contributed by atoms with van der Waals surface area (Å²) in [6.07, 6.45) is -5.12. The first kappa shape index (κ1) is 18.1. The van der Waals surface area contributed by atoms with Crippen molar-refractivity contribution < 1.29 is 23.0 Å². The Balaban J connectivity index is 1.99. The standard InChI is InChI=1S/C21H19F3O2/c1-26-19-9-6-15-12-17(3-2-16(15)13-19)20(10-11-21(22,23)24)14-4-7-18(25)8-5-14/h2-9,12-13,20,25H,10-11H2,1H3. The van der Waals surface area contributed by atoms with Gasteiger partial charge in [0.05, 0.1) is 7.11 Å². The van der Waals surface area contributed by atoms with Crippen molar-refractivity contribution in [2.45, 2.75) is 24.9 Å². The molecule has 0 bridgehead atoms. The lowest BCUT2D eigenvalue weighted by Gasteiger charge is -2.20. The summed E-state index contributed by atoms with van der Waals surface area (Å²) in [5.74, 6) is 0.426. The fourth-order valence-corrected chi connectivity index (χ4v) is 3.13. The molecule has 0 aliphatic heterocycles. The third kappa shape index (κ3) is 4.28. The van der Waals surface area contributed by atoms with E-state index in [-0.39, 0.29) is 12.2 Å². The van der Waals surface area contributed by atoms with Crippen LogP contribution in [0.4, 0.5) is 13.2 Å². The highest BCUT2D eigenvalue weighted by molar-refractivity contribution is 5.84. The molecule has 3 rings (SSSR count). The van der Waals surface area contributed by atoms with Crippen LogP contribution >= 0.6 is 0 Å². The Kier molecular flexibility index (Phi) is 5.07. The van der Waals surface area contributed by atoms with Crippen molar-refractivity contribution in [3.05, 3.63) is 71.8 Å². The van der Waals surface area contributed by atoms with Crippen molar-refractivity contribution in [2.75, 3.05) is 7.11 Å². The van der Waals surface area contributed by atoms with E-state index in [4.69, 9.17) is 4.74 Å². The molecule has 0 spiro atoms. The molecular weight excluding hydrogens is 341 g/mol. The molecule has 5 heteroatoms. The summed E-state index contributed by atoms with van der Waals surface area (Å²) < 4.78 is 43.6. The smallest absolute Gasteiger partial charge is 0.389 e. The van der Waals surface area contributed by atoms with Gasteiger partial charge < -0.3 is 9.84 Å². The van der Waals surface area contributed by atoms with Gasteiger partial charge in [-0.05, 0) is 52.6 Å². The Morgan fingerprint density at radius 2 is 1.50 bits per heavy atom. The van der Waals surface area contributed by atoms with E-state index in [2.05, 4.69) is 0 Å². The summed E-state index contributed by atoms with van der Waals surface area (Å²) in [4.78, 5) is 0. The van der Waals surface area contributed by atoms with E-state index in [1.54, 1.807) is 19.2 Å². The first-order valence-corrected chi connectivity index (χ1v) is 8.29. The summed E-state index contributed by atoms with van der Waals surface area (Å²) in [5, 5.41) is 11.4. The molecule has 136 valence electrons. The highest BCUT2D eigenvalue weighted by Gasteiger charge is 2.29. The van der Waals surface area contributed by atoms with Crippen LogP contribution in [-0.4, -0.2) is 18.4 Å². The van der Waals surface area contributed by atoms with Gasteiger partial charge in [-0.15, -0.1) is 0 Å². The van der Waals surface area contributed by atoms with Crippen molar-refractivity contribution in [2.24, 2.45) is 0 Å². The average Bonchev–Trinajstić information content (AvgIpc) is 2.62. The molecule has 0 radical (unpaired) electrons. The minimum atomic E-state index is -4.21. The number of phenolic OH excluding ortho intramolecular Hbond substituents is 1. The van der Waals surface area contributed by atoms with Crippen molar-refractivity contribution in [1.29, 1.82) is 0 Å². The van der Waals surface area contributed by atoms with Crippen LogP contribution in [0.1, 0.15) is 29.9 Å². The van der Waals surface area contributed by atoms with Gasteiger partial charge in [-0.25, -0.2) is 0 Å². The highest BCUT2D eigenvalue weighted by atomic mass is 19.4.